The van der Waals surface area contributed by atoms with E-state index in [2.05, 4.69) is 5.32 Å². The Hall–Kier alpha value is -1.71. The minimum absolute atomic E-state index is 0.169. The molecule has 104 valence electrons. The van der Waals surface area contributed by atoms with Crippen LogP contribution in [0.2, 0.25) is 10.0 Å². The highest BCUT2D eigenvalue weighted by atomic mass is 35.5. The predicted octanol–water partition coefficient (Wildman–Crippen LogP) is 4.07. The normalized spacial score (nSPS) is 10.3. The van der Waals surface area contributed by atoms with Crippen LogP contribution in [0.25, 0.3) is 0 Å². The van der Waals surface area contributed by atoms with Crippen molar-refractivity contribution < 1.29 is 4.79 Å². The Bertz CT molecular complexity index is 656. The first kappa shape index (κ1) is 14.7. The molecule has 20 heavy (non-hydrogen) atoms. The number of benzene rings is 2. The van der Waals surface area contributed by atoms with Crippen LogP contribution in [0.5, 0.6) is 0 Å². The van der Waals surface area contributed by atoms with Gasteiger partial charge < -0.3 is 11.1 Å². The fraction of sp³-hybridized carbons (Fsp3) is 0.133. The molecule has 0 atom stereocenters. The lowest BCUT2D eigenvalue weighted by Crippen LogP contribution is -2.14. The van der Waals surface area contributed by atoms with Gasteiger partial charge in [0.25, 0.3) is 0 Å². The van der Waals surface area contributed by atoms with Crippen molar-refractivity contribution in [2.75, 3.05) is 11.1 Å². The van der Waals surface area contributed by atoms with E-state index in [0.717, 1.165) is 11.1 Å². The number of nitrogens with two attached hydrogens (primary N) is 1. The minimum Gasteiger partial charge on any atom is -0.399 e. The maximum Gasteiger partial charge on any atom is 0.228 e. The average Bonchev–Trinajstić information content (AvgIpc) is 2.36. The molecule has 0 spiro atoms. The van der Waals surface area contributed by atoms with Gasteiger partial charge in [-0.15, -0.1) is 0 Å². The summed E-state index contributed by atoms with van der Waals surface area (Å²) in [5.74, 6) is -0.169. The number of aryl methyl sites for hydroxylation is 1. The number of hydrogen-bond donors (Lipinski definition) is 2. The van der Waals surface area contributed by atoms with Crippen LogP contribution in [-0.2, 0) is 11.2 Å². The van der Waals surface area contributed by atoms with Crippen molar-refractivity contribution in [3.63, 3.8) is 0 Å². The van der Waals surface area contributed by atoms with Crippen molar-refractivity contribution >= 4 is 40.5 Å². The van der Waals surface area contributed by atoms with Crippen LogP contribution < -0.4 is 11.1 Å². The summed E-state index contributed by atoms with van der Waals surface area (Å²) in [4.78, 5) is 12.0. The number of carbonyl (C=O) groups is 1. The fourth-order valence-electron chi connectivity index (χ4n) is 1.82. The molecule has 0 aliphatic carbocycles. The Labute approximate surface area is 127 Å². The standard InChI is InChI=1S/C15H14Cl2N2O/c1-9-5-13(17)14(8-12(9)16)19-15(20)7-10-3-2-4-11(18)6-10/h2-6,8H,7,18H2,1H3,(H,19,20). The first-order chi connectivity index (χ1) is 9.45. The lowest BCUT2D eigenvalue weighted by Gasteiger charge is -2.09. The Morgan fingerprint density at radius 1 is 1.20 bits per heavy atom. The van der Waals surface area contributed by atoms with Crippen LogP contribution in [0.1, 0.15) is 11.1 Å². The summed E-state index contributed by atoms with van der Waals surface area (Å²) in [6.45, 7) is 1.85. The second-order valence-corrected chi connectivity index (χ2v) is 5.37. The minimum atomic E-state index is -0.169. The highest BCUT2D eigenvalue weighted by molar-refractivity contribution is 6.36. The molecule has 0 aliphatic heterocycles. The molecule has 3 nitrogen and oxygen atoms in total. The number of nitrogen functional groups attached to an aromatic ring is 1. The zero-order valence-electron chi connectivity index (χ0n) is 10.9. The van der Waals surface area contributed by atoms with Gasteiger partial charge in [0, 0.05) is 10.7 Å². The Morgan fingerprint density at radius 2 is 1.95 bits per heavy atom. The summed E-state index contributed by atoms with van der Waals surface area (Å²) >= 11 is 12.1. The summed E-state index contributed by atoms with van der Waals surface area (Å²) in [6.07, 6.45) is 0.229. The van der Waals surface area contributed by atoms with Gasteiger partial charge >= 0.3 is 0 Å². The van der Waals surface area contributed by atoms with Gasteiger partial charge in [-0.25, -0.2) is 0 Å². The van der Waals surface area contributed by atoms with Crippen molar-refractivity contribution in [1.29, 1.82) is 0 Å². The molecule has 0 heterocycles. The molecule has 0 radical (unpaired) electrons. The van der Waals surface area contributed by atoms with Crippen LogP contribution in [0, 0.1) is 6.92 Å². The highest BCUT2D eigenvalue weighted by Crippen LogP contribution is 2.28. The van der Waals surface area contributed by atoms with Gasteiger partial charge in [0.2, 0.25) is 5.91 Å². The largest absolute Gasteiger partial charge is 0.399 e. The number of carbonyl (C=O) groups excluding carboxylic acids is 1. The summed E-state index contributed by atoms with van der Waals surface area (Å²) in [5, 5.41) is 3.78. The molecule has 0 saturated heterocycles. The number of amides is 1. The first-order valence-electron chi connectivity index (χ1n) is 6.05. The van der Waals surface area contributed by atoms with Crippen LogP contribution in [-0.4, -0.2) is 5.91 Å². The van der Waals surface area contributed by atoms with Crippen molar-refractivity contribution in [1.82, 2.24) is 0 Å². The molecular weight excluding hydrogens is 295 g/mol. The first-order valence-corrected chi connectivity index (χ1v) is 6.81. The second-order valence-electron chi connectivity index (χ2n) is 4.55. The van der Waals surface area contributed by atoms with Gasteiger partial charge in [-0.2, -0.15) is 0 Å². The summed E-state index contributed by atoms with van der Waals surface area (Å²) < 4.78 is 0. The Kier molecular flexibility index (Phi) is 4.53. The van der Waals surface area contributed by atoms with Gasteiger partial charge in [0.1, 0.15) is 0 Å². The molecule has 0 fully saturated rings. The van der Waals surface area contributed by atoms with E-state index < -0.39 is 0 Å². The molecule has 0 aliphatic rings. The van der Waals surface area contributed by atoms with Gasteiger partial charge in [-0.1, -0.05) is 35.3 Å². The zero-order valence-corrected chi connectivity index (χ0v) is 12.4. The Morgan fingerprint density at radius 3 is 2.65 bits per heavy atom. The van der Waals surface area contributed by atoms with E-state index in [9.17, 15) is 4.79 Å². The fourth-order valence-corrected chi connectivity index (χ4v) is 2.25. The number of halogens is 2. The molecular formula is C15H14Cl2N2O. The maximum atomic E-state index is 12.0. The van der Waals surface area contributed by atoms with Gasteiger partial charge in [0.05, 0.1) is 17.1 Å². The lowest BCUT2D eigenvalue weighted by atomic mass is 10.1. The van der Waals surface area contributed by atoms with Crippen LogP contribution in [0.3, 0.4) is 0 Å². The summed E-state index contributed by atoms with van der Waals surface area (Å²) in [6, 6.07) is 10.6. The molecule has 5 heteroatoms. The quantitative estimate of drug-likeness (QED) is 0.840. The molecule has 1 amide bonds. The molecule has 0 unspecified atom stereocenters. The highest BCUT2D eigenvalue weighted by Gasteiger charge is 2.09. The van der Waals surface area contributed by atoms with Crippen molar-refractivity contribution in [2.45, 2.75) is 13.3 Å². The van der Waals surface area contributed by atoms with E-state index in [4.69, 9.17) is 28.9 Å². The molecule has 2 aromatic rings. The summed E-state index contributed by atoms with van der Waals surface area (Å²) in [5.41, 5.74) is 8.53. The third-order valence-corrected chi connectivity index (χ3v) is 3.56. The Balaban J connectivity index is 2.10. The number of hydrogen-bond acceptors (Lipinski definition) is 2. The molecule has 0 saturated carbocycles. The van der Waals surface area contributed by atoms with Gasteiger partial charge in [-0.05, 0) is 42.3 Å². The number of rotatable bonds is 3. The van der Waals surface area contributed by atoms with E-state index >= 15 is 0 Å². The van der Waals surface area contributed by atoms with E-state index in [1.54, 1.807) is 24.3 Å². The third kappa shape index (κ3) is 3.65. The van der Waals surface area contributed by atoms with Crippen molar-refractivity contribution in [3.05, 3.63) is 57.6 Å². The monoisotopic (exact) mass is 308 g/mol. The number of nitrogens with one attached hydrogen (secondary N) is 1. The molecule has 0 aromatic heterocycles. The SMILES string of the molecule is Cc1cc(Cl)c(NC(=O)Cc2cccc(N)c2)cc1Cl. The van der Waals surface area contributed by atoms with Crippen LogP contribution in [0.15, 0.2) is 36.4 Å². The number of anilines is 2. The van der Waals surface area contributed by atoms with Gasteiger partial charge in [-0.3, -0.25) is 4.79 Å². The predicted molar refractivity (Wildman–Crippen MR) is 84.4 cm³/mol. The lowest BCUT2D eigenvalue weighted by molar-refractivity contribution is -0.115. The van der Waals surface area contributed by atoms with Crippen LogP contribution >= 0.6 is 23.2 Å². The van der Waals surface area contributed by atoms with Crippen molar-refractivity contribution in [3.8, 4) is 0 Å². The summed E-state index contributed by atoms with van der Waals surface area (Å²) in [7, 11) is 0. The van der Waals surface area contributed by atoms with E-state index in [1.807, 2.05) is 19.1 Å². The zero-order chi connectivity index (χ0) is 14.7. The van der Waals surface area contributed by atoms with Crippen molar-refractivity contribution in [2.24, 2.45) is 0 Å². The molecule has 2 aromatic carbocycles. The smallest absolute Gasteiger partial charge is 0.228 e. The topological polar surface area (TPSA) is 55.1 Å². The van der Waals surface area contributed by atoms with Crippen LogP contribution in [0.4, 0.5) is 11.4 Å². The second kappa shape index (κ2) is 6.16. The maximum absolute atomic E-state index is 12.0. The van der Waals surface area contributed by atoms with E-state index in [-0.39, 0.29) is 12.3 Å². The molecule has 2 rings (SSSR count). The molecule has 0 bridgehead atoms. The average molecular weight is 309 g/mol. The third-order valence-electron chi connectivity index (χ3n) is 2.84. The van der Waals surface area contributed by atoms with E-state index in [0.29, 0.717) is 21.4 Å². The molecule has 3 N–H and O–H groups in total. The van der Waals surface area contributed by atoms with Gasteiger partial charge in [0.15, 0.2) is 0 Å². The van der Waals surface area contributed by atoms with E-state index in [1.165, 1.54) is 0 Å².